The summed E-state index contributed by atoms with van der Waals surface area (Å²) < 4.78 is 1.20. The number of halogens is 1. The summed E-state index contributed by atoms with van der Waals surface area (Å²) in [6.45, 7) is 6.51. The van der Waals surface area contributed by atoms with Crippen LogP contribution in [0.5, 0.6) is 0 Å². The number of rotatable bonds is 3. The fourth-order valence-corrected chi connectivity index (χ4v) is 4.02. The molecule has 1 heterocycles. The average molecular weight is 324 g/mol. The molecule has 1 aromatic carbocycles. The van der Waals surface area contributed by atoms with Crippen LogP contribution in [0.25, 0.3) is 0 Å². The normalized spacial score (nSPS) is 12.7. The molecule has 1 N–H and O–H groups in total. The summed E-state index contributed by atoms with van der Waals surface area (Å²) in [6.07, 6.45) is 0. The highest BCUT2D eigenvalue weighted by Gasteiger charge is 2.19. The van der Waals surface area contributed by atoms with Gasteiger partial charge < -0.3 is 5.32 Å². The molecule has 18 heavy (non-hydrogen) atoms. The van der Waals surface area contributed by atoms with Crippen molar-refractivity contribution in [3.05, 3.63) is 55.2 Å². The zero-order chi connectivity index (χ0) is 13.3. The van der Waals surface area contributed by atoms with Crippen molar-refractivity contribution in [2.24, 2.45) is 0 Å². The van der Waals surface area contributed by atoms with Crippen molar-refractivity contribution in [3.63, 3.8) is 0 Å². The van der Waals surface area contributed by atoms with Gasteiger partial charge in [0.25, 0.3) is 0 Å². The van der Waals surface area contributed by atoms with Crippen LogP contribution < -0.4 is 5.32 Å². The van der Waals surface area contributed by atoms with Gasteiger partial charge in [-0.05, 0) is 66.5 Å². The summed E-state index contributed by atoms with van der Waals surface area (Å²) in [6, 6.07) is 9.00. The smallest absolute Gasteiger partial charge is 0.0674 e. The first-order chi connectivity index (χ1) is 8.54. The van der Waals surface area contributed by atoms with Crippen LogP contribution in [0.1, 0.15) is 32.5 Å². The molecule has 96 valence electrons. The minimum Gasteiger partial charge on any atom is -0.309 e. The number of nitrogens with one attached hydrogen (secondary N) is 1. The quantitative estimate of drug-likeness (QED) is 0.859. The number of hydrogen-bond acceptors (Lipinski definition) is 2. The molecule has 0 aliphatic carbocycles. The van der Waals surface area contributed by atoms with Crippen LogP contribution in [0.4, 0.5) is 0 Å². The van der Waals surface area contributed by atoms with E-state index in [1.165, 1.54) is 30.9 Å². The van der Waals surface area contributed by atoms with Gasteiger partial charge in [-0.1, -0.05) is 18.2 Å². The minimum absolute atomic E-state index is 0.279. The third-order valence-electron chi connectivity index (χ3n) is 3.28. The number of benzene rings is 1. The lowest BCUT2D eigenvalue weighted by molar-refractivity contribution is 0.694. The van der Waals surface area contributed by atoms with E-state index < -0.39 is 0 Å². The largest absolute Gasteiger partial charge is 0.309 e. The lowest BCUT2D eigenvalue weighted by Gasteiger charge is -2.20. The molecule has 0 amide bonds. The van der Waals surface area contributed by atoms with Crippen LogP contribution in [-0.2, 0) is 0 Å². The van der Waals surface area contributed by atoms with Gasteiger partial charge in [-0.3, -0.25) is 0 Å². The molecule has 0 aliphatic rings. The Morgan fingerprint density at radius 1 is 1.17 bits per heavy atom. The summed E-state index contributed by atoms with van der Waals surface area (Å²) in [5, 5.41) is 3.45. The minimum atomic E-state index is 0.279. The van der Waals surface area contributed by atoms with Gasteiger partial charge in [0.05, 0.1) is 6.04 Å². The Hall–Kier alpha value is -0.640. The zero-order valence-electron chi connectivity index (χ0n) is 11.2. The van der Waals surface area contributed by atoms with Crippen molar-refractivity contribution >= 4 is 27.3 Å². The van der Waals surface area contributed by atoms with E-state index in [4.69, 9.17) is 0 Å². The van der Waals surface area contributed by atoms with Crippen molar-refractivity contribution in [1.82, 2.24) is 5.32 Å². The number of aryl methyl sites for hydroxylation is 3. The molecule has 1 aromatic heterocycles. The van der Waals surface area contributed by atoms with E-state index in [9.17, 15) is 0 Å². The summed E-state index contributed by atoms with van der Waals surface area (Å²) in [7, 11) is 2.03. The summed E-state index contributed by atoms with van der Waals surface area (Å²) in [4.78, 5) is 2.69. The lowest BCUT2D eigenvalue weighted by Crippen LogP contribution is -2.18. The summed E-state index contributed by atoms with van der Waals surface area (Å²) >= 11 is 5.46. The van der Waals surface area contributed by atoms with E-state index in [1.54, 1.807) is 0 Å². The SMILES string of the molecule is CNC(c1cc(Br)c(C)s1)c1c(C)cccc1C. The van der Waals surface area contributed by atoms with Crippen LogP contribution >= 0.6 is 27.3 Å². The van der Waals surface area contributed by atoms with E-state index in [0.29, 0.717) is 0 Å². The summed E-state index contributed by atoms with van der Waals surface area (Å²) in [5.74, 6) is 0. The van der Waals surface area contributed by atoms with Crippen LogP contribution in [0.2, 0.25) is 0 Å². The molecule has 1 unspecified atom stereocenters. The lowest BCUT2D eigenvalue weighted by atomic mass is 9.95. The van der Waals surface area contributed by atoms with E-state index >= 15 is 0 Å². The van der Waals surface area contributed by atoms with E-state index in [-0.39, 0.29) is 6.04 Å². The second kappa shape index (κ2) is 5.55. The molecule has 2 aromatic rings. The first-order valence-corrected chi connectivity index (χ1v) is 7.64. The third-order valence-corrected chi connectivity index (χ3v) is 5.48. The maximum Gasteiger partial charge on any atom is 0.0674 e. The predicted octanol–water partition coefficient (Wildman–Crippen LogP) is 4.74. The first kappa shape index (κ1) is 13.8. The van der Waals surface area contributed by atoms with Gasteiger partial charge in [-0.15, -0.1) is 11.3 Å². The molecule has 0 bridgehead atoms. The average Bonchev–Trinajstić information content (AvgIpc) is 2.64. The molecule has 0 saturated heterocycles. The van der Waals surface area contributed by atoms with Crippen molar-refractivity contribution in [3.8, 4) is 0 Å². The van der Waals surface area contributed by atoms with E-state index in [2.05, 4.69) is 66.3 Å². The molecule has 0 saturated carbocycles. The highest BCUT2D eigenvalue weighted by molar-refractivity contribution is 9.10. The molecular weight excluding hydrogens is 306 g/mol. The molecule has 1 atom stereocenters. The van der Waals surface area contributed by atoms with Gasteiger partial charge in [-0.25, -0.2) is 0 Å². The number of thiophene rings is 1. The Balaban J connectivity index is 2.52. The van der Waals surface area contributed by atoms with Crippen molar-refractivity contribution < 1.29 is 0 Å². The maximum atomic E-state index is 3.61. The highest BCUT2D eigenvalue weighted by Crippen LogP contribution is 2.35. The van der Waals surface area contributed by atoms with Gasteiger partial charge in [0, 0.05) is 14.2 Å². The monoisotopic (exact) mass is 323 g/mol. The molecule has 3 heteroatoms. The van der Waals surface area contributed by atoms with Gasteiger partial charge in [0.2, 0.25) is 0 Å². The topological polar surface area (TPSA) is 12.0 Å². The van der Waals surface area contributed by atoms with Gasteiger partial charge >= 0.3 is 0 Å². The fourth-order valence-electron chi connectivity index (χ4n) is 2.34. The first-order valence-electron chi connectivity index (χ1n) is 6.03. The van der Waals surface area contributed by atoms with E-state index in [0.717, 1.165) is 0 Å². The van der Waals surface area contributed by atoms with Crippen LogP contribution in [0, 0.1) is 20.8 Å². The molecular formula is C15H18BrNS. The predicted molar refractivity (Wildman–Crippen MR) is 83.6 cm³/mol. The third kappa shape index (κ3) is 2.53. The Labute approximate surface area is 121 Å². The highest BCUT2D eigenvalue weighted by atomic mass is 79.9. The van der Waals surface area contributed by atoms with Crippen molar-refractivity contribution in [2.45, 2.75) is 26.8 Å². The zero-order valence-corrected chi connectivity index (χ0v) is 13.6. The summed E-state index contributed by atoms with van der Waals surface area (Å²) in [5.41, 5.74) is 4.09. The molecule has 0 spiro atoms. The van der Waals surface area contributed by atoms with Gasteiger partial charge in [0.15, 0.2) is 0 Å². The second-order valence-corrected chi connectivity index (χ2v) is 6.72. The molecule has 0 radical (unpaired) electrons. The molecule has 0 fully saturated rings. The van der Waals surface area contributed by atoms with E-state index in [1.807, 2.05) is 18.4 Å². The Morgan fingerprint density at radius 3 is 2.22 bits per heavy atom. The number of hydrogen-bond donors (Lipinski definition) is 1. The Morgan fingerprint density at radius 2 is 1.78 bits per heavy atom. The molecule has 2 rings (SSSR count). The van der Waals surface area contributed by atoms with Crippen LogP contribution in [0.15, 0.2) is 28.7 Å². The Bertz CT molecular complexity index is 520. The Kier molecular flexibility index (Phi) is 4.25. The standard InChI is InChI=1S/C15H18BrNS/c1-9-6-5-7-10(2)14(9)15(17-4)13-8-12(16)11(3)18-13/h5-8,15,17H,1-4H3. The van der Waals surface area contributed by atoms with Crippen molar-refractivity contribution in [2.75, 3.05) is 7.05 Å². The van der Waals surface area contributed by atoms with Crippen LogP contribution in [-0.4, -0.2) is 7.05 Å². The van der Waals surface area contributed by atoms with Gasteiger partial charge in [0.1, 0.15) is 0 Å². The molecule has 1 nitrogen and oxygen atoms in total. The van der Waals surface area contributed by atoms with Crippen LogP contribution in [0.3, 0.4) is 0 Å². The second-order valence-electron chi connectivity index (χ2n) is 4.58. The van der Waals surface area contributed by atoms with Gasteiger partial charge in [-0.2, -0.15) is 0 Å². The van der Waals surface area contributed by atoms with Crippen molar-refractivity contribution in [1.29, 1.82) is 0 Å². The maximum absolute atomic E-state index is 3.61. The fraction of sp³-hybridized carbons (Fsp3) is 0.333. The molecule has 0 aliphatic heterocycles.